The van der Waals surface area contributed by atoms with Crippen LogP contribution in [0, 0.1) is 25.2 Å². The van der Waals surface area contributed by atoms with Crippen LogP contribution in [-0.2, 0) is 25.6 Å². The number of fused-ring (bicyclic) bond motifs is 5. The van der Waals surface area contributed by atoms with Gasteiger partial charge in [-0.3, -0.25) is 24.0 Å². The summed E-state index contributed by atoms with van der Waals surface area (Å²) in [4.78, 5) is 70.1. The van der Waals surface area contributed by atoms with Crippen LogP contribution >= 0.6 is 0 Å². The Morgan fingerprint density at radius 2 is 1.62 bits per heavy atom. The quantitative estimate of drug-likeness (QED) is 0.111. The third-order valence-electron chi connectivity index (χ3n) is 9.20. The number of carbonyl (C=O) groups excluding carboxylic acids is 5. The van der Waals surface area contributed by atoms with Crippen LogP contribution in [0.1, 0.15) is 52.0 Å². The Balaban J connectivity index is 1.89. The molecule has 0 fully saturated rings. The van der Waals surface area contributed by atoms with E-state index < -0.39 is 60.3 Å². The van der Waals surface area contributed by atoms with Gasteiger partial charge in [-0.25, -0.2) is 0 Å². The number of nitrogens with two attached hydrogens (primary N) is 2. The highest BCUT2D eigenvalue weighted by molar-refractivity contribution is 6.00. The number of aryl methyl sites for hydroxylation is 2. The third kappa shape index (κ3) is 10.6. The number of nitrogens with one attached hydrogen (secondary N) is 4. The zero-order valence-electron chi connectivity index (χ0n) is 32.0. The van der Waals surface area contributed by atoms with Crippen molar-refractivity contribution in [3.8, 4) is 28.7 Å². The first kappa shape index (κ1) is 42.7. The molecule has 4 atom stereocenters. The molecule has 1 heterocycles. The van der Waals surface area contributed by atoms with E-state index in [9.17, 15) is 29.1 Å². The lowest BCUT2D eigenvalue weighted by molar-refractivity contribution is -0.142. The fourth-order valence-electron chi connectivity index (χ4n) is 6.40. The minimum absolute atomic E-state index is 0.00641. The first-order chi connectivity index (χ1) is 26.8. The number of hydrogen-bond donors (Lipinski definition) is 7. The molecular formula is C40H50N8O8. The van der Waals surface area contributed by atoms with E-state index in [4.69, 9.17) is 26.2 Å². The minimum Gasteiger partial charge on any atom is -0.492 e. The number of aliphatic hydroxyl groups excluding tert-OH is 1. The van der Waals surface area contributed by atoms with Gasteiger partial charge in [-0.2, -0.15) is 5.26 Å². The van der Waals surface area contributed by atoms with Gasteiger partial charge in [0.15, 0.2) is 0 Å². The highest BCUT2D eigenvalue weighted by Gasteiger charge is 2.36. The van der Waals surface area contributed by atoms with Gasteiger partial charge in [-0.15, -0.1) is 0 Å². The fourth-order valence-corrected chi connectivity index (χ4v) is 6.40. The van der Waals surface area contributed by atoms with Crippen molar-refractivity contribution in [2.45, 2.75) is 57.8 Å². The number of ether oxygens (including phenoxy) is 2. The van der Waals surface area contributed by atoms with E-state index in [0.29, 0.717) is 44.9 Å². The average molecular weight is 771 g/mol. The Bertz CT molecular complexity index is 1960. The van der Waals surface area contributed by atoms with Crippen LogP contribution in [0.15, 0.2) is 54.6 Å². The lowest BCUT2D eigenvalue weighted by atomic mass is 9.93. The molecule has 4 bridgehead atoms. The Morgan fingerprint density at radius 3 is 2.25 bits per heavy atom. The molecule has 1 aliphatic rings. The molecule has 4 rings (SSSR count). The highest BCUT2D eigenvalue weighted by Crippen LogP contribution is 2.40. The molecule has 0 unspecified atom stereocenters. The predicted octanol–water partition coefficient (Wildman–Crippen LogP) is 0.511. The summed E-state index contributed by atoms with van der Waals surface area (Å²) < 4.78 is 12.1. The van der Waals surface area contributed by atoms with E-state index in [2.05, 4.69) is 21.3 Å². The second kappa shape index (κ2) is 20.1. The number of benzene rings is 3. The number of rotatable bonds is 14. The van der Waals surface area contributed by atoms with Gasteiger partial charge >= 0.3 is 0 Å². The van der Waals surface area contributed by atoms with Crippen molar-refractivity contribution < 1.29 is 38.6 Å². The molecule has 298 valence electrons. The summed E-state index contributed by atoms with van der Waals surface area (Å²) in [6.07, 6.45) is -0.152. The Morgan fingerprint density at radius 1 is 0.964 bits per heavy atom. The van der Waals surface area contributed by atoms with Crippen LogP contribution in [0.25, 0.3) is 11.1 Å². The van der Waals surface area contributed by atoms with Crippen molar-refractivity contribution in [2.24, 2.45) is 11.5 Å². The minimum atomic E-state index is -1.39. The number of hydrogen-bond acceptors (Lipinski definition) is 11. The molecule has 3 aromatic carbocycles. The number of carbonyl (C=O) groups is 5. The summed E-state index contributed by atoms with van der Waals surface area (Å²) in [6.45, 7) is 5.03. The first-order valence-electron chi connectivity index (χ1n) is 18.3. The van der Waals surface area contributed by atoms with Crippen LogP contribution in [0.3, 0.4) is 0 Å². The van der Waals surface area contributed by atoms with Crippen LogP contribution in [-0.4, -0.2) is 104 Å². The standard InChI is InChI=1S/C40H50N8O8/c1-23-5-8-28(24(2)19-23)37(51)46-31(11-16-49)40(54)48(4)35-27-7-10-34(56-18-14-43)30(22-27)29-20-26(6-9-33(29)55-17-13-42)21-32(38(52)44-15-12-41)47-36(50)25(3)45-39(35)53/h5-10,19-20,22,25,31-32,35,49H,11,13-18,21,42-43H2,1-4H3,(H,44,52)(H,45,53)(H,46,51)(H,47,50)/t25-,31-,32-,35-/m0/s1. The van der Waals surface area contributed by atoms with Gasteiger partial charge in [0, 0.05) is 49.9 Å². The maximum absolute atomic E-state index is 14.4. The monoisotopic (exact) mass is 770 g/mol. The summed E-state index contributed by atoms with van der Waals surface area (Å²) in [7, 11) is 1.39. The maximum atomic E-state index is 14.4. The molecule has 0 spiro atoms. The van der Waals surface area contributed by atoms with Crippen molar-refractivity contribution in [3.63, 3.8) is 0 Å². The lowest BCUT2D eigenvalue weighted by Crippen LogP contribution is -2.56. The normalized spacial score (nSPS) is 17.2. The van der Waals surface area contributed by atoms with Gasteiger partial charge in [-0.1, -0.05) is 29.8 Å². The molecule has 0 saturated carbocycles. The Hall–Kier alpha value is -6.02. The lowest BCUT2D eigenvalue weighted by Gasteiger charge is -2.32. The molecule has 0 saturated heterocycles. The molecule has 16 heteroatoms. The topological polar surface area (TPSA) is 251 Å². The SMILES string of the molecule is Cc1ccc(C(=O)N[C@@H](CCO)C(=O)N(C)[C@@H]2C(=O)N[C@@H](C)C(=O)N[C@H](C(=O)NCC#N)Cc3ccc(OCCN)c(c3)-c3cc2ccc3OCCN)c(C)c1. The molecular weight excluding hydrogens is 720 g/mol. The Labute approximate surface area is 325 Å². The van der Waals surface area contributed by atoms with Crippen LogP contribution in [0.4, 0.5) is 0 Å². The molecule has 0 radical (unpaired) electrons. The number of amides is 5. The smallest absolute Gasteiger partial charge is 0.252 e. The first-order valence-corrected chi connectivity index (χ1v) is 18.3. The van der Waals surface area contributed by atoms with Gasteiger partial charge in [0.1, 0.15) is 55.4 Å². The molecule has 0 aromatic heterocycles. The molecule has 56 heavy (non-hydrogen) atoms. The molecule has 1 aliphatic heterocycles. The largest absolute Gasteiger partial charge is 0.492 e. The fraction of sp³-hybridized carbons (Fsp3) is 0.400. The van der Waals surface area contributed by atoms with Crippen LogP contribution in [0.2, 0.25) is 0 Å². The van der Waals surface area contributed by atoms with Gasteiger partial charge in [0.2, 0.25) is 23.6 Å². The Kier molecular flexibility index (Phi) is 15.3. The zero-order valence-corrected chi connectivity index (χ0v) is 32.0. The molecule has 5 amide bonds. The van der Waals surface area contributed by atoms with E-state index in [0.717, 1.165) is 10.5 Å². The molecule has 9 N–H and O–H groups in total. The number of aliphatic hydroxyl groups is 1. The van der Waals surface area contributed by atoms with Gasteiger partial charge in [0.25, 0.3) is 5.91 Å². The average Bonchev–Trinajstić information content (AvgIpc) is 3.17. The van der Waals surface area contributed by atoms with Crippen molar-refractivity contribution in [1.29, 1.82) is 5.26 Å². The van der Waals surface area contributed by atoms with Crippen LogP contribution < -0.4 is 42.2 Å². The van der Waals surface area contributed by atoms with E-state index in [1.54, 1.807) is 55.5 Å². The van der Waals surface area contributed by atoms with Crippen molar-refractivity contribution >= 4 is 29.5 Å². The molecule has 3 aromatic rings. The van der Waals surface area contributed by atoms with Gasteiger partial charge < -0.3 is 52.2 Å². The maximum Gasteiger partial charge on any atom is 0.252 e. The van der Waals surface area contributed by atoms with E-state index in [-0.39, 0.29) is 45.7 Å². The second-order valence-corrected chi connectivity index (χ2v) is 13.4. The summed E-state index contributed by atoms with van der Waals surface area (Å²) in [5.41, 5.74) is 15.4. The van der Waals surface area contributed by atoms with Gasteiger partial charge in [0.05, 0.1) is 6.07 Å². The zero-order chi connectivity index (χ0) is 40.9. The van der Waals surface area contributed by atoms with E-state index in [1.807, 2.05) is 19.1 Å². The van der Waals surface area contributed by atoms with E-state index >= 15 is 0 Å². The summed E-state index contributed by atoms with van der Waals surface area (Å²) >= 11 is 0. The van der Waals surface area contributed by atoms with Crippen molar-refractivity contribution in [3.05, 3.63) is 82.4 Å². The van der Waals surface area contributed by atoms with Crippen LogP contribution in [0.5, 0.6) is 11.5 Å². The second-order valence-electron chi connectivity index (χ2n) is 13.4. The number of nitriles is 1. The summed E-state index contributed by atoms with van der Waals surface area (Å²) in [5.74, 6) is -2.54. The highest BCUT2D eigenvalue weighted by atomic mass is 16.5. The summed E-state index contributed by atoms with van der Waals surface area (Å²) in [5, 5.41) is 29.6. The van der Waals surface area contributed by atoms with Crippen molar-refractivity contribution in [2.75, 3.05) is 46.5 Å². The predicted molar refractivity (Wildman–Crippen MR) is 207 cm³/mol. The number of likely N-dealkylation sites (N-methyl/N-ethyl adjacent to an activating group) is 1. The van der Waals surface area contributed by atoms with Gasteiger partial charge in [-0.05, 0) is 74.2 Å². The van der Waals surface area contributed by atoms with Crippen molar-refractivity contribution in [1.82, 2.24) is 26.2 Å². The molecule has 16 nitrogen and oxygen atoms in total. The third-order valence-corrected chi connectivity index (χ3v) is 9.20. The molecule has 0 aliphatic carbocycles. The van der Waals surface area contributed by atoms with E-state index in [1.165, 1.54) is 14.0 Å². The number of nitrogens with zero attached hydrogens (tertiary/aromatic N) is 2. The summed E-state index contributed by atoms with van der Waals surface area (Å²) in [6, 6.07) is 12.2.